The molecule has 2 N–H and O–H groups in total. The number of carbonyl (C=O) groups is 2. The second-order valence-electron chi connectivity index (χ2n) is 5.96. The lowest BCUT2D eigenvalue weighted by Crippen LogP contribution is -2.49. The van der Waals surface area contributed by atoms with Gasteiger partial charge < -0.3 is 19.6 Å². The average Bonchev–Trinajstić information content (AvgIpc) is 3.08. The number of carbonyl (C=O) groups excluding carboxylic acids is 2. The molecule has 0 bridgehead atoms. The fraction of sp³-hybridized carbons (Fsp3) is 0.353. The van der Waals surface area contributed by atoms with E-state index in [1.54, 1.807) is 30.0 Å². The molecular weight excluding hydrogens is 310 g/mol. The van der Waals surface area contributed by atoms with E-state index >= 15 is 0 Å². The lowest BCUT2D eigenvalue weighted by molar-refractivity contribution is 0.0647. The minimum Gasteiger partial charge on any atom is -0.459 e. The third-order valence-electron chi connectivity index (χ3n) is 4.02. The number of nitrogens with zero attached hydrogens (tertiary/aromatic N) is 1. The Morgan fingerprint density at radius 2 is 2.21 bits per heavy atom. The van der Waals surface area contributed by atoms with E-state index in [1.807, 2.05) is 0 Å². The largest absolute Gasteiger partial charge is 0.459 e. The fourth-order valence-corrected chi connectivity index (χ4v) is 2.92. The summed E-state index contributed by atoms with van der Waals surface area (Å²) in [6.07, 6.45) is 3.05. The van der Waals surface area contributed by atoms with Crippen molar-refractivity contribution in [3.8, 4) is 0 Å². The molecule has 1 unspecified atom stereocenters. The first kappa shape index (κ1) is 16.0. The van der Waals surface area contributed by atoms with Crippen LogP contribution in [0.4, 0.5) is 0 Å². The Hall–Kier alpha value is -2.83. The number of furan rings is 1. The highest BCUT2D eigenvalue weighted by Crippen LogP contribution is 2.15. The Labute approximate surface area is 138 Å². The molecule has 126 valence electrons. The van der Waals surface area contributed by atoms with E-state index in [0.717, 1.165) is 12.8 Å². The van der Waals surface area contributed by atoms with Crippen LogP contribution in [0.3, 0.4) is 0 Å². The lowest BCUT2D eigenvalue weighted by Gasteiger charge is -2.32. The predicted molar refractivity (Wildman–Crippen MR) is 86.9 cm³/mol. The molecular formula is C17H19N3O4. The van der Waals surface area contributed by atoms with Crippen molar-refractivity contribution in [2.24, 2.45) is 0 Å². The maximum atomic E-state index is 12.3. The van der Waals surface area contributed by atoms with E-state index in [0.29, 0.717) is 30.1 Å². The van der Waals surface area contributed by atoms with Crippen molar-refractivity contribution in [3.63, 3.8) is 0 Å². The van der Waals surface area contributed by atoms with Crippen molar-refractivity contribution in [2.45, 2.75) is 25.8 Å². The van der Waals surface area contributed by atoms with Crippen molar-refractivity contribution in [1.82, 2.24) is 15.2 Å². The van der Waals surface area contributed by atoms with E-state index in [-0.39, 0.29) is 23.4 Å². The van der Waals surface area contributed by atoms with Gasteiger partial charge in [-0.25, -0.2) is 0 Å². The van der Waals surface area contributed by atoms with Gasteiger partial charge in [-0.1, -0.05) is 0 Å². The number of aromatic amines is 1. The highest BCUT2D eigenvalue weighted by Gasteiger charge is 2.27. The van der Waals surface area contributed by atoms with Gasteiger partial charge in [0.2, 0.25) is 5.56 Å². The number of aryl methyl sites for hydroxylation is 1. The first-order chi connectivity index (χ1) is 11.5. The molecule has 1 aliphatic rings. The summed E-state index contributed by atoms with van der Waals surface area (Å²) in [6, 6.07) is 6.06. The third kappa shape index (κ3) is 3.56. The molecule has 24 heavy (non-hydrogen) atoms. The van der Waals surface area contributed by atoms with Gasteiger partial charge >= 0.3 is 0 Å². The molecule has 1 aliphatic heterocycles. The van der Waals surface area contributed by atoms with Crippen molar-refractivity contribution in [1.29, 1.82) is 0 Å². The van der Waals surface area contributed by atoms with Crippen molar-refractivity contribution in [2.75, 3.05) is 13.1 Å². The van der Waals surface area contributed by atoms with Crippen LogP contribution < -0.4 is 10.9 Å². The summed E-state index contributed by atoms with van der Waals surface area (Å²) in [5, 5.41) is 2.90. The Morgan fingerprint density at radius 3 is 2.92 bits per heavy atom. The Bertz CT molecular complexity index is 794. The van der Waals surface area contributed by atoms with Gasteiger partial charge in [-0.2, -0.15) is 0 Å². The summed E-state index contributed by atoms with van der Waals surface area (Å²) in [4.78, 5) is 40.4. The molecule has 1 atom stereocenters. The van der Waals surface area contributed by atoms with Crippen LogP contribution in [0.15, 0.2) is 39.7 Å². The van der Waals surface area contributed by atoms with Crippen molar-refractivity contribution >= 4 is 11.8 Å². The second-order valence-corrected chi connectivity index (χ2v) is 5.96. The van der Waals surface area contributed by atoms with Gasteiger partial charge in [-0.15, -0.1) is 0 Å². The van der Waals surface area contributed by atoms with E-state index in [2.05, 4.69) is 10.3 Å². The summed E-state index contributed by atoms with van der Waals surface area (Å²) in [7, 11) is 0. The zero-order valence-corrected chi connectivity index (χ0v) is 13.4. The van der Waals surface area contributed by atoms with Gasteiger partial charge in [-0.05, 0) is 38.0 Å². The number of H-pyrrole nitrogens is 1. The maximum Gasteiger partial charge on any atom is 0.289 e. The van der Waals surface area contributed by atoms with Crippen LogP contribution in [0.1, 0.15) is 39.4 Å². The highest BCUT2D eigenvalue weighted by atomic mass is 16.3. The highest BCUT2D eigenvalue weighted by molar-refractivity contribution is 5.94. The van der Waals surface area contributed by atoms with Crippen LogP contribution in [0.5, 0.6) is 0 Å². The van der Waals surface area contributed by atoms with Gasteiger partial charge in [0.25, 0.3) is 11.8 Å². The summed E-state index contributed by atoms with van der Waals surface area (Å²) < 4.78 is 5.14. The number of rotatable bonds is 3. The third-order valence-corrected chi connectivity index (χ3v) is 4.02. The summed E-state index contributed by atoms with van der Waals surface area (Å²) >= 11 is 0. The number of amides is 2. The van der Waals surface area contributed by atoms with Crippen molar-refractivity contribution < 1.29 is 14.0 Å². The molecule has 2 amide bonds. The molecule has 0 aliphatic carbocycles. The monoisotopic (exact) mass is 329 g/mol. The molecule has 7 nitrogen and oxygen atoms in total. The van der Waals surface area contributed by atoms with E-state index in [4.69, 9.17) is 4.42 Å². The Kier molecular flexibility index (Phi) is 4.50. The van der Waals surface area contributed by atoms with Gasteiger partial charge in [0.05, 0.1) is 6.26 Å². The lowest BCUT2D eigenvalue weighted by atomic mass is 10.0. The van der Waals surface area contributed by atoms with Gasteiger partial charge in [0.1, 0.15) is 0 Å². The molecule has 0 radical (unpaired) electrons. The number of piperidine rings is 1. The maximum absolute atomic E-state index is 12.3. The van der Waals surface area contributed by atoms with Crippen LogP contribution in [-0.4, -0.2) is 40.8 Å². The topological polar surface area (TPSA) is 95.4 Å². The molecule has 3 heterocycles. The fourth-order valence-electron chi connectivity index (χ4n) is 2.92. The van der Waals surface area contributed by atoms with E-state index in [9.17, 15) is 14.4 Å². The zero-order valence-electron chi connectivity index (χ0n) is 13.4. The predicted octanol–water partition coefficient (Wildman–Crippen LogP) is 1.31. The molecule has 0 spiro atoms. The van der Waals surface area contributed by atoms with Crippen LogP contribution >= 0.6 is 0 Å². The van der Waals surface area contributed by atoms with Crippen molar-refractivity contribution in [3.05, 3.63) is 57.9 Å². The Balaban J connectivity index is 1.66. The molecule has 7 heteroatoms. The Morgan fingerprint density at radius 1 is 1.38 bits per heavy atom. The van der Waals surface area contributed by atoms with Gasteiger partial charge in [0.15, 0.2) is 5.76 Å². The second kappa shape index (κ2) is 6.74. The standard InChI is InChI=1S/C17H19N3O4/c1-11-8-12(9-15(21)18-11)16(22)19-13-4-2-6-20(10-13)17(23)14-5-3-7-24-14/h3,5,7-9,13H,2,4,6,10H2,1H3,(H,18,21)(H,19,22). The average molecular weight is 329 g/mol. The summed E-state index contributed by atoms with van der Waals surface area (Å²) in [6.45, 7) is 2.78. The van der Waals surface area contributed by atoms with Gasteiger partial charge in [0, 0.05) is 36.5 Å². The molecule has 0 saturated carbocycles. The molecule has 0 aromatic carbocycles. The number of pyridine rings is 1. The number of hydrogen-bond acceptors (Lipinski definition) is 4. The normalized spacial score (nSPS) is 17.5. The summed E-state index contributed by atoms with van der Waals surface area (Å²) in [5.74, 6) is -0.181. The number of aromatic nitrogens is 1. The minimum absolute atomic E-state index is 0.148. The van der Waals surface area contributed by atoms with Gasteiger partial charge in [-0.3, -0.25) is 14.4 Å². The van der Waals surface area contributed by atoms with Crippen LogP contribution in [0.2, 0.25) is 0 Å². The van der Waals surface area contributed by atoms with Crippen LogP contribution in [0.25, 0.3) is 0 Å². The molecule has 1 saturated heterocycles. The first-order valence-corrected chi connectivity index (χ1v) is 7.87. The van der Waals surface area contributed by atoms with E-state index in [1.165, 1.54) is 12.3 Å². The molecule has 1 fully saturated rings. The van der Waals surface area contributed by atoms with E-state index < -0.39 is 0 Å². The smallest absolute Gasteiger partial charge is 0.289 e. The zero-order chi connectivity index (χ0) is 17.1. The molecule has 2 aromatic heterocycles. The number of hydrogen-bond donors (Lipinski definition) is 2. The van der Waals surface area contributed by atoms with Crippen LogP contribution in [-0.2, 0) is 0 Å². The quantitative estimate of drug-likeness (QED) is 0.887. The SMILES string of the molecule is Cc1cc(C(=O)NC2CCCN(C(=O)c3ccco3)C2)cc(=O)[nH]1. The minimum atomic E-state index is -0.307. The number of nitrogens with one attached hydrogen (secondary N) is 2. The first-order valence-electron chi connectivity index (χ1n) is 7.87. The molecule has 3 rings (SSSR count). The summed E-state index contributed by atoms with van der Waals surface area (Å²) in [5.41, 5.74) is 0.648. The van der Waals surface area contributed by atoms with Crippen LogP contribution in [0, 0.1) is 6.92 Å². The molecule has 2 aromatic rings. The number of likely N-dealkylation sites (tertiary alicyclic amines) is 1.